The van der Waals surface area contributed by atoms with Gasteiger partial charge in [0.25, 0.3) is 0 Å². The van der Waals surface area contributed by atoms with Crippen molar-refractivity contribution in [1.82, 2.24) is 15.5 Å². The number of nitrogens with zero attached hydrogens (tertiary/aromatic N) is 1. The molecule has 0 bridgehead atoms. The first-order valence-electron chi connectivity index (χ1n) is 7.11. The van der Waals surface area contributed by atoms with Crippen molar-refractivity contribution in [1.29, 1.82) is 0 Å². The van der Waals surface area contributed by atoms with E-state index in [0.717, 1.165) is 38.3 Å². The molecule has 1 saturated carbocycles. The van der Waals surface area contributed by atoms with Crippen molar-refractivity contribution in [3.63, 3.8) is 0 Å². The monoisotopic (exact) mass is 237 g/mol. The molecule has 3 rings (SSSR count). The van der Waals surface area contributed by atoms with Gasteiger partial charge < -0.3 is 15.5 Å². The van der Waals surface area contributed by atoms with Crippen LogP contribution in [0.2, 0.25) is 0 Å². The highest BCUT2D eigenvalue weighted by molar-refractivity contribution is 5.82. The summed E-state index contributed by atoms with van der Waals surface area (Å²) in [6, 6.07) is 1.37. The molecule has 2 saturated heterocycles. The molecule has 4 nitrogen and oxygen atoms in total. The Morgan fingerprint density at radius 3 is 2.47 bits per heavy atom. The van der Waals surface area contributed by atoms with Crippen molar-refractivity contribution in [2.75, 3.05) is 19.6 Å². The molecule has 3 fully saturated rings. The van der Waals surface area contributed by atoms with Crippen LogP contribution in [0.25, 0.3) is 0 Å². The maximum atomic E-state index is 12.0. The first-order chi connectivity index (χ1) is 8.33. The van der Waals surface area contributed by atoms with Crippen molar-refractivity contribution >= 4 is 5.91 Å². The smallest absolute Gasteiger partial charge is 0.237 e. The van der Waals surface area contributed by atoms with Gasteiger partial charge in [0.1, 0.15) is 0 Å². The van der Waals surface area contributed by atoms with Gasteiger partial charge in [0.15, 0.2) is 0 Å². The van der Waals surface area contributed by atoms with Crippen LogP contribution in [-0.4, -0.2) is 48.6 Å². The maximum absolute atomic E-state index is 12.0. The molecule has 0 aromatic heterocycles. The summed E-state index contributed by atoms with van der Waals surface area (Å²) in [6.45, 7) is 3.35. The second kappa shape index (κ2) is 4.94. The van der Waals surface area contributed by atoms with Crippen molar-refractivity contribution in [3.05, 3.63) is 0 Å². The zero-order chi connectivity index (χ0) is 11.7. The van der Waals surface area contributed by atoms with Gasteiger partial charge in [-0.15, -0.1) is 0 Å². The Balaban J connectivity index is 1.41. The maximum Gasteiger partial charge on any atom is 0.237 e. The highest BCUT2D eigenvalue weighted by Crippen LogP contribution is 2.29. The van der Waals surface area contributed by atoms with Gasteiger partial charge in [-0.25, -0.2) is 0 Å². The van der Waals surface area contributed by atoms with Crippen LogP contribution < -0.4 is 10.6 Å². The molecule has 1 amide bonds. The lowest BCUT2D eigenvalue weighted by Crippen LogP contribution is -2.49. The molecule has 0 aromatic carbocycles. The molecule has 96 valence electrons. The molecule has 2 heterocycles. The van der Waals surface area contributed by atoms with E-state index in [0.29, 0.717) is 6.04 Å². The lowest BCUT2D eigenvalue weighted by molar-refractivity contribution is -0.123. The van der Waals surface area contributed by atoms with Crippen LogP contribution in [0, 0.1) is 0 Å². The first kappa shape index (κ1) is 11.5. The molecular weight excluding hydrogens is 214 g/mol. The zero-order valence-electron chi connectivity index (χ0n) is 10.5. The second-order valence-electron chi connectivity index (χ2n) is 5.70. The number of amides is 1. The van der Waals surface area contributed by atoms with Crippen molar-refractivity contribution in [2.24, 2.45) is 0 Å². The number of carbonyl (C=O) groups is 1. The Hall–Kier alpha value is -0.610. The van der Waals surface area contributed by atoms with Crippen LogP contribution >= 0.6 is 0 Å². The summed E-state index contributed by atoms with van der Waals surface area (Å²) >= 11 is 0. The highest BCUT2D eigenvalue weighted by atomic mass is 16.2. The minimum absolute atomic E-state index is 0.0801. The third-order valence-corrected chi connectivity index (χ3v) is 4.32. The van der Waals surface area contributed by atoms with Crippen molar-refractivity contribution in [2.45, 2.75) is 56.7 Å². The number of hydrogen-bond donors (Lipinski definition) is 2. The fourth-order valence-electron chi connectivity index (χ4n) is 3.06. The quantitative estimate of drug-likeness (QED) is 0.750. The topological polar surface area (TPSA) is 44.4 Å². The average Bonchev–Trinajstić information content (AvgIpc) is 3.05. The molecule has 0 radical (unpaired) electrons. The molecule has 1 aliphatic carbocycles. The van der Waals surface area contributed by atoms with Crippen LogP contribution in [0.3, 0.4) is 0 Å². The lowest BCUT2D eigenvalue weighted by atomic mass is 10.0. The Kier molecular flexibility index (Phi) is 3.34. The first-order valence-corrected chi connectivity index (χ1v) is 7.11. The van der Waals surface area contributed by atoms with Gasteiger partial charge in [-0.2, -0.15) is 0 Å². The van der Waals surface area contributed by atoms with E-state index in [2.05, 4.69) is 15.5 Å². The SMILES string of the molecule is O=C(NC1CCN(C2CC2)CC1)C1CCCN1. The number of rotatable bonds is 3. The van der Waals surface area contributed by atoms with Gasteiger partial charge in [0, 0.05) is 25.2 Å². The van der Waals surface area contributed by atoms with E-state index in [1.54, 1.807) is 0 Å². The highest BCUT2D eigenvalue weighted by Gasteiger charge is 2.32. The van der Waals surface area contributed by atoms with Gasteiger partial charge in [0.05, 0.1) is 6.04 Å². The molecule has 1 unspecified atom stereocenters. The van der Waals surface area contributed by atoms with Crippen molar-refractivity contribution < 1.29 is 4.79 Å². The molecular formula is C13H23N3O. The fraction of sp³-hybridized carbons (Fsp3) is 0.923. The molecule has 0 aromatic rings. The van der Waals surface area contributed by atoms with Crippen molar-refractivity contribution in [3.8, 4) is 0 Å². The molecule has 3 aliphatic rings. The van der Waals surface area contributed by atoms with E-state index >= 15 is 0 Å². The molecule has 2 N–H and O–H groups in total. The van der Waals surface area contributed by atoms with Gasteiger partial charge in [0.2, 0.25) is 5.91 Å². The number of carbonyl (C=O) groups excluding carboxylic acids is 1. The lowest BCUT2D eigenvalue weighted by Gasteiger charge is -2.32. The summed E-state index contributed by atoms with van der Waals surface area (Å²) in [5.41, 5.74) is 0. The van der Waals surface area contributed by atoms with E-state index in [1.807, 2.05) is 0 Å². The number of nitrogens with one attached hydrogen (secondary N) is 2. The third-order valence-electron chi connectivity index (χ3n) is 4.32. The number of hydrogen-bond acceptors (Lipinski definition) is 3. The van der Waals surface area contributed by atoms with Crippen LogP contribution in [0.4, 0.5) is 0 Å². The summed E-state index contributed by atoms with van der Waals surface area (Å²) in [5, 5.41) is 6.47. The summed E-state index contributed by atoms with van der Waals surface area (Å²) in [6.07, 6.45) is 7.20. The zero-order valence-corrected chi connectivity index (χ0v) is 10.5. The molecule has 2 aliphatic heterocycles. The standard InChI is InChI=1S/C13H23N3O/c17-13(12-2-1-7-14-12)15-10-5-8-16(9-6-10)11-3-4-11/h10-12,14H,1-9H2,(H,15,17). The minimum atomic E-state index is 0.0801. The van der Waals surface area contributed by atoms with E-state index in [4.69, 9.17) is 0 Å². The van der Waals surface area contributed by atoms with Crippen LogP contribution in [0.15, 0.2) is 0 Å². The Bertz CT molecular complexity index is 276. The molecule has 0 spiro atoms. The van der Waals surface area contributed by atoms with Crippen LogP contribution in [-0.2, 0) is 4.79 Å². The minimum Gasteiger partial charge on any atom is -0.352 e. The largest absolute Gasteiger partial charge is 0.352 e. The Morgan fingerprint density at radius 2 is 1.88 bits per heavy atom. The van der Waals surface area contributed by atoms with Crippen LogP contribution in [0.5, 0.6) is 0 Å². The molecule has 1 atom stereocenters. The van der Waals surface area contributed by atoms with E-state index < -0.39 is 0 Å². The van der Waals surface area contributed by atoms with E-state index in [-0.39, 0.29) is 11.9 Å². The number of likely N-dealkylation sites (tertiary alicyclic amines) is 1. The van der Waals surface area contributed by atoms with Gasteiger partial charge >= 0.3 is 0 Å². The van der Waals surface area contributed by atoms with E-state index in [1.165, 1.54) is 25.9 Å². The van der Waals surface area contributed by atoms with Gasteiger partial charge in [-0.05, 0) is 45.1 Å². The third kappa shape index (κ3) is 2.80. The fourth-order valence-corrected chi connectivity index (χ4v) is 3.06. The van der Waals surface area contributed by atoms with E-state index in [9.17, 15) is 4.79 Å². The summed E-state index contributed by atoms with van der Waals surface area (Å²) in [5.74, 6) is 0.229. The van der Waals surface area contributed by atoms with Gasteiger partial charge in [-0.3, -0.25) is 4.79 Å². The summed E-state index contributed by atoms with van der Waals surface area (Å²) in [4.78, 5) is 14.5. The van der Waals surface area contributed by atoms with Crippen LogP contribution in [0.1, 0.15) is 38.5 Å². The summed E-state index contributed by atoms with van der Waals surface area (Å²) < 4.78 is 0. The Morgan fingerprint density at radius 1 is 1.12 bits per heavy atom. The van der Waals surface area contributed by atoms with Gasteiger partial charge in [-0.1, -0.05) is 0 Å². The summed E-state index contributed by atoms with van der Waals surface area (Å²) in [7, 11) is 0. The molecule has 4 heteroatoms. The second-order valence-corrected chi connectivity index (χ2v) is 5.70. The molecule has 17 heavy (non-hydrogen) atoms. The Labute approximate surface area is 103 Å². The predicted molar refractivity (Wildman–Crippen MR) is 66.8 cm³/mol. The average molecular weight is 237 g/mol. The normalized spacial score (nSPS) is 31.6. The predicted octanol–water partition coefficient (Wildman–Crippen LogP) is 0.481. The number of piperidine rings is 1.